The molecule has 0 aliphatic carbocycles. The molecule has 0 saturated heterocycles. The number of aliphatic imine (C=N–C) groups is 1. The van der Waals surface area contributed by atoms with Gasteiger partial charge in [-0.15, -0.1) is 0 Å². The molecule has 0 atom stereocenters. The van der Waals surface area contributed by atoms with Crippen LogP contribution in [-0.2, 0) is 6.54 Å². The summed E-state index contributed by atoms with van der Waals surface area (Å²) in [5.74, 6) is 1.18. The van der Waals surface area contributed by atoms with Crippen molar-refractivity contribution >= 4 is 11.6 Å². The van der Waals surface area contributed by atoms with Gasteiger partial charge in [0, 0.05) is 19.2 Å². The minimum Gasteiger partial charge on any atom is -0.357 e. The topological polar surface area (TPSA) is 79.6 Å². The number of hydrogen-bond acceptors (Lipinski definition) is 3. The van der Waals surface area contributed by atoms with Gasteiger partial charge in [-0.3, -0.25) is 10.1 Å². The Balaban J connectivity index is 2.78. The SMILES string of the molecule is CCNC(=NCc1ccccc1[N+](=O)[O-])NCC(C)C. The lowest BCUT2D eigenvalue weighted by Crippen LogP contribution is -2.39. The first-order valence-corrected chi connectivity index (χ1v) is 6.79. The molecule has 0 radical (unpaired) electrons. The lowest BCUT2D eigenvalue weighted by Gasteiger charge is -2.12. The van der Waals surface area contributed by atoms with Crippen LogP contribution in [0, 0.1) is 16.0 Å². The molecular weight excluding hydrogens is 256 g/mol. The predicted octanol–water partition coefficient (Wildman–Crippen LogP) is 2.31. The summed E-state index contributed by atoms with van der Waals surface area (Å²) in [6, 6.07) is 6.67. The average Bonchev–Trinajstić information content (AvgIpc) is 2.42. The van der Waals surface area contributed by atoms with Gasteiger partial charge in [0.25, 0.3) is 5.69 Å². The van der Waals surface area contributed by atoms with Crippen LogP contribution in [0.15, 0.2) is 29.3 Å². The lowest BCUT2D eigenvalue weighted by atomic mass is 10.2. The molecule has 1 aromatic carbocycles. The number of hydrogen-bond donors (Lipinski definition) is 2. The van der Waals surface area contributed by atoms with Gasteiger partial charge in [-0.1, -0.05) is 32.0 Å². The fourth-order valence-electron chi connectivity index (χ4n) is 1.63. The first kappa shape index (κ1) is 15.9. The average molecular weight is 278 g/mol. The summed E-state index contributed by atoms with van der Waals surface area (Å²) in [6.45, 7) is 8.04. The number of benzene rings is 1. The summed E-state index contributed by atoms with van der Waals surface area (Å²) < 4.78 is 0. The van der Waals surface area contributed by atoms with Crippen LogP contribution in [0.2, 0.25) is 0 Å². The highest BCUT2D eigenvalue weighted by molar-refractivity contribution is 5.79. The van der Waals surface area contributed by atoms with Crippen LogP contribution in [0.4, 0.5) is 5.69 Å². The maximum absolute atomic E-state index is 10.9. The quantitative estimate of drug-likeness (QED) is 0.362. The smallest absolute Gasteiger partial charge is 0.274 e. The highest BCUT2D eigenvalue weighted by atomic mass is 16.6. The van der Waals surface area contributed by atoms with Crippen molar-refractivity contribution in [2.45, 2.75) is 27.3 Å². The van der Waals surface area contributed by atoms with E-state index in [4.69, 9.17) is 0 Å². The van der Waals surface area contributed by atoms with Crippen molar-refractivity contribution in [1.29, 1.82) is 0 Å². The van der Waals surface area contributed by atoms with Crippen molar-refractivity contribution in [3.8, 4) is 0 Å². The van der Waals surface area contributed by atoms with E-state index in [-0.39, 0.29) is 17.2 Å². The molecule has 0 aromatic heterocycles. The molecule has 6 nitrogen and oxygen atoms in total. The largest absolute Gasteiger partial charge is 0.357 e. The summed E-state index contributed by atoms with van der Waals surface area (Å²) in [5, 5.41) is 17.3. The Morgan fingerprint density at radius 2 is 2.05 bits per heavy atom. The van der Waals surface area contributed by atoms with Crippen molar-refractivity contribution < 1.29 is 4.92 Å². The molecule has 0 spiro atoms. The number of para-hydroxylation sites is 1. The summed E-state index contributed by atoms with van der Waals surface area (Å²) in [4.78, 5) is 14.9. The molecule has 110 valence electrons. The zero-order valence-electron chi connectivity index (χ0n) is 12.2. The molecule has 1 aromatic rings. The lowest BCUT2D eigenvalue weighted by molar-refractivity contribution is -0.385. The molecule has 6 heteroatoms. The Kier molecular flexibility index (Phi) is 6.49. The Hall–Kier alpha value is -2.11. The second-order valence-corrected chi connectivity index (χ2v) is 4.86. The van der Waals surface area contributed by atoms with Crippen molar-refractivity contribution in [3.05, 3.63) is 39.9 Å². The van der Waals surface area contributed by atoms with Crippen LogP contribution in [0.1, 0.15) is 26.3 Å². The Labute approximate surface area is 119 Å². The molecule has 0 bridgehead atoms. The van der Waals surface area contributed by atoms with E-state index in [0.717, 1.165) is 13.1 Å². The first-order chi connectivity index (χ1) is 9.54. The van der Waals surface area contributed by atoms with E-state index in [1.807, 2.05) is 6.92 Å². The molecule has 0 aliphatic heterocycles. The van der Waals surface area contributed by atoms with E-state index in [1.165, 1.54) is 6.07 Å². The summed E-state index contributed by atoms with van der Waals surface area (Å²) in [5.41, 5.74) is 0.718. The number of rotatable bonds is 6. The van der Waals surface area contributed by atoms with Gasteiger partial charge in [0.2, 0.25) is 0 Å². The highest BCUT2D eigenvalue weighted by Crippen LogP contribution is 2.18. The molecule has 0 aliphatic rings. The third kappa shape index (κ3) is 5.26. The maximum Gasteiger partial charge on any atom is 0.274 e. The highest BCUT2D eigenvalue weighted by Gasteiger charge is 2.11. The second-order valence-electron chi connectivity index (χ2n) is 4.86. The Bertz CT molecular complexity index is 472. The molecular formula is C14H22N4O2. The normalized spacial score (nSPS) is 11.5. The van der Waals surface area contributed by atoms with Crippen LogP contribution >= 0.6 is 0 Å². The van der Waals surface area contributed by atoms with Gasteiger partial charge >= 0.3 is 0 Å². The summed E-state index contributed by atoms with van der Waals surface area (Å²) >= 11 is 0. The van der Waals surface area contributed by atoms with Gasteiger partial charge in [-0.2, -0.15) is 0 Å². The number of nitro groups is 1. The van der Waals surface area contributed by atoms with Crippen molar-refractivity contribution in [2.75, 3.05) is 13.1 Å². The summed E-state index contributed by atoms with van der Waals surface area (Å²) in [6.07, 6.45) is 0. The fourth-order valence-corrected chi connectivity index (χ4v) is 1.63. The molecule has 0 heterocycles. The molecule has 20 heavy (non-hydrogen) atoms. The van der Waals surface area contributed by atoms with Crippen LogP contribution in [0.25, 0.3) is 0 Å². The predicted molar refractivity (Wildman–Crippen MR) is 80.8 cm³/mol. The van der Waals surface area contributed by atoms with Crippen LogP contribution in [0.3, 0.4) is 0 Å². The molecule has 0 fully saturated rings. The Morgan fingerprint density at radius 1 is 1.35 bits per heavy atom. The Morgan fingerprint density at radius 3 is 2.65 bits per heavy atom. The van der Waals surface area contributed by atoms with Crippen LogP contribution in [0.5, 0.6) is 0 Å². The van der Waals surface area contributed by atoms with Crippen molar-refractivity contribution in [1.82, 2.24) is 10.6 Å². The van der Waals surface area contributed by atoms with Crippen LogP contribution < -0.4 is 10.6 Å². The third-order valence-corrected chi connectivity index (χ3v) is 2.62. The van der Waals surface area contributed by atoms with Gasteiger partial charge in [0.1, 0.15) is 0 Å². The molecule has 0 unspecified atom stereocenters. The minimum atomic E-state index is -0.376. The number of guanidine groups is 1. The zero-order valence-corrected chi connectivity index (χ0v) is 12.2. The van der Waals surface area contributed by atoms with E-state index in [9.17, 15) is 10.1 Å². The number of nitrogens with zero attached hydrogens (tertiary/aromatic N) is 2. The van der Waals surface area contributed by atoms with Gasteiger partial charge < -0.3 is 10.6 Å². The summed E-state index contributed by atoms with van der Waals surface area (Å²) in [7, 11) is 0. The van der Waals surface area contributed by atoms with Gasteiger partial charge in [0.05, 0.1) is 17.0 Å². The van der Waals surface area contributed by atoms with Gasteiger partial charge in [-0.25, -0.2) is 4.99 Å². The van der Waals surface area contributed by atoms with Gasteiger partial charge in [-0.05, 0) is 12.8 Å². The molecule has 2 N–H and O–H groups in total. The molecule has 0 amide bonds. The monoisotopic (exact) mass is 278 g/mol. The molecule has 0 saturated carbocycles. The number of nitrogens with one attached hydrogen (secondary N) is 2. The maximum atomic E-state index is 10.9. The van der Waals surface area contributed by atoms with E-state index in [0.29, 0.717) is 17.4 Å². The van der Waals surface area contributed by atoms with E-state index < -0.39 is 0 Å². The van der Waals surface area contributed by atoms with Crippen LogP contribution in [-0.4, -0.2) is 24.0 Å². The van der Waals surface area contributed by atoms with E-state index in [2.05, 4.69) is 29.5 Å². The first-order valence-electron chi connectivity index (χ1n) is 6.79. The van der Waals surface area contributed by atoms with Crippen molar-refractivity contribution in [2.24, 2.45) is 10.9 Å². The minimum absolute atomic E-state index is 0.107. The third-order valence-electron chi connectivity index (χ3n) is 2.62. The number of nitro benzene ring substituents is 1. The fraction of sp³-hybridized carbons (Fsp3) is 0.500. The van der Waals surface area contributed by atoms with E-state index >= 15 is 0 Å². The van der Waals surface area contributed by atoms with Crippen molar-refractivity contribution in [3.63, 3.8) is 0 Å². The van der Waals surface area contributed by atoms with Gasteiger partial charge in [0.15, 0.2) is 5.96 Å². The zero-order chi connectivity index (χ0) is 15.0. The second kappa shape index (κ2) is 8.14. The standard InChI is InChI=1S/C14H22N4O2/c1-4-15-14(16-9-11(2)3)17-10-12-7-5-6-8-13(12)18(19)20/h5-8,11H,4,9-10H2,1-3H3,(H2,15,16,17). The molecule has 1 rings (SSSR count). The van der Waals surface area contributed by atoms with E-state index in [1.54, 1.807) is 18.2 Å².